The van der Waals surface area contributed by atoms with Crippen LogP contribution >= 0.6 is 23.2 Å². The van der Waals surface area contributed by atoms with Gasteiger partial charge in [0.25, 0.3) is 0 Å². The number of halogens is 2. The summed E-state index contributed by atoms with van der Waals surface area (Å²) in [4.78, 5) is 0. The van der Waals surface area contributed by atoms with E-state index in [1.165, 1.54) is 0 Å². The van der Waals surface area contributed by atoms with Gasteiger partial charge in [-0.05, 0) is 47.2 Å². The minimum atomic E-state index is 0.0235. The second-order valence-electron chi connectivity index (χ2n) is 6.57. The molecule has 2 rings (SSSR count). The first-order valence-electron chi connectivity index (χ1n) is 8.05. The highest BCUT2D eigenvalue weighted by Crippen LogP contribution is 2.36. The number of hydrogen-bond donors (Lipinski definition) is 0. The predicted octanol–water partition coefficient (Wildman–Crippen LogP) is 7.10. The lowest BCUT2D eigenvalue weighted by molar-refractivity contribution is -0.0610. The average molecular weight is 351 g/mol. The first-order valence-corrected chi connectivity index (χ1v) is 8.80. The van der Waals surface area contributed by atoms with E-state index in [1.54, 1.807) is 0 Å². The fraction of sp³-hybridized carbons (Fsp3) is 0.400. The summed E-state index contributed by atoms with van der Waals surface area (Å²) in [7, 11) is 0. The molecule has 2 aromatic rings. The fourth-order valence-electron chi connectivity index (χ4n) is 2.70. The zero-order chi connectivity index (χ0) is 17.0. The molecule has 0 aliphatic rings. The van der Waals surface area contributed by atoms with E-state index in [0.717, 1.165) is 21.2 Å². The van der Waals surface area contributed by atoms with Crippen LogP contribution in [0.25, 0.3) is 0 Å². The van der Waals surface area contributed by atoms with Crippen LogP contribution in [-0.4, -0.2) is 0 Å². The number of hydrogen-bond acceptors (Lipinski definition) is 1. The zero-order valence-corrected chi connectivity index (χ0v) is 15.6. The Morgan fingerprint density at radius 3 is 1.17 bits per heavy atom. The van der Waals surface area contributed by atoms with Crippen LogP contribution in [0.4, 0.5) is 0 Å². The largest absolute Gasteiger partial charge is 0.365 e. The Labute approximate surface area is 149 Å². The lowest BCUT2D eigenvalue weighted by Gasteiger charge is -2.30. The summed E-state index contributed by atoms with van der Waals surface area (Å²) in [5.41, 5.74) is 2.31. The highest BCUT2D eigenvalue weighted by Gasteiger charge is 2.25. The molecule has 0 N–H and O–H groups in total. The zero-order valence-electron chi connectivity index (χ0n) is 14.1. The van der Waals surface area contributed by atoms with Gasteiger partial charge < -0.3 is 4.74 Å². The average Bonchev–Trinajstić information content (AvgIpc) is 2.50. The van der Waals surface area contributed by atoms with Crippen LogP contribution in [0.1, 0.15) is 51.0 Å². The molecule has 3 heteroatoms. The van der Waals surface area contributed by atoms with Crippen molar-refractivity contribution in [3.05, 3.63) is 69.7 Å². The maximum Gasteiger partial charge on any atom is 0.0856 e. The van der Waals surface area contributed by atoms with Crippen molar-refractivity contribution in [2.45, 2.75) is 39.9 Å². The Hall–Kier alpha value is -1.02. The number of rotatable bonds is 6. The first kappa shape index (κ1) is 18.3. The van der Waals surface area contributed by atoms with Crippen molar-refractivity contribution >= 4 is 23.2 Å². The van der Waals surface area contributed by atoms with Gasteiger partial charge in [0.1, 0.15) is 0 Å². The molecule has 0 aliphatic heterocycles. The van der Waals surface area contributed by atoms with E-state index in [0.29, 0.717) is 11.8 Å². The third-order valence-electron chi connectivity index (χ3n) is 3.90. The molecule has 0 radical (unpaired) electrons. The minimum Gasteiger partial charge on any atom is -0.365 e. The SMILES string of the molecule is CC(C)C(OC(c1ccc(Cl)cc1)C(C)C)c1ccc(Cl)cc1. The van der Waals surface area contributed by atoms with Crippen molar-refractivity contribution in [1.82, 2.24) is 0 Å². The van der Waals surface area contributed by atoms with E-state index >= 15 is 0 Å². The molecule has 0 aromatic heterocycles. The molecular weight excluding hydrogens is 327 g/mol. The van der Waals surface area contributed by atoms with E-state index in [4.69, 9.17) is 27.9 Å². The van der Waals surface area contributed by atoms with Crippen LogP contribution < -0.4 is 0 Å². The maximum atomic E-state index is 6.54. The van der Waals surface area contributed by atoms with Gasteiger partial charge in [-0.15, -0.1) is 0 Å². The Bertz CT molecular complexity index is 547. The van der Waals surface area contributed by atoms with Gasteiger partial charge in [0, 0.05) is 10.0 Å². The van der Waals surface area contributed by atoms with Gasteiger partial charge in [-0.1, -0.05) is 75.2 Å². The molecule has 2 aromatic carbocycles. The molecule has 0 bridgehead atoms. The Balaban J connectivity index is 2.28. The first-order chi connectivity index (χ1) is 10.9. The number of ether oxygens (including phenoxy) is 1. The lowest BCUT2D eigenvalue weighted by atomic mass is 9.95. The van der Waals surface area contributed by atoms with Gasteiger partial charge in [-0.25, -0.2) is 0 Å². The molecule has 1 nitrogen and oxygen atoms in total. The molecule has 124 valence electrons. The lowest BCUT2D eigenvalue weighted by Crippen LogP contribution is -2.19. The van der Waals surface area contributed by atoms with E-state index in [-0.39, 0.29) is 12.2 Å². The second-order valence-corrected chi connectivity index (χ2v) is 7.44. The standard InChI is InChI=1S/C20H24Cl2O/c1-13(2)19(15-5-9-17(21)10-6-15)23-20(14(3)4)16-7-11-18(22)12-8-16/h5-14,19-20H,1-4H3. The van der Waals surface area contributed by atoms with Gasteiger partial charge in [0.2, 0.25) is 0 Å². The van der Waals surface area contributed by atoms with Crippen molar-refractivity contribution < 1.29 is 4.74 Å². The molecule has 2 atom stereocenters. The molecule has 2 unspecified atom stereocenters. The summed E-state index contributed by atoms with van der Waals surface area (Å²) >= 11 is 12.0. The third-order valence-corrected chi connectivity index (χ3v) is 4.41. The topological polar surface area (TPSA) is 9.23 Å². The van der Waals surface area contributed by atoms with Crippen LogP contribution in [0.15, 0.2) is 48.5 Å². The fourth-order valence-corrected chi connectivity index (χ4v) is 2.96. The smallest absolute Gasteiger partial charge is 0.0856 e. The predicted molar refractivity (Wildman–Crippen MR) is 99.1 cm³/mol. The number of benzene rings is 2. The van der Waals surface area contributed by atoms with E-state index in [9.17, 15) is 0 Å². The van der Waals surface area contributed by atoms with Crippen molar-refractivity contribution in [2.75, 3.05) is 0 Å². The summed E-state index contributed by atoms with van der Waals surface area (Å²) in [6, 6.07) is 15.9. The summed E-state index contributed by atoms with van der Waals surface area (Å²) in [5.74, 6) is 0.731. The monoisotopic (exact) mass is 350 g/mol. The summed E-state index contributed by atoms with van der Waals surface area (Å²) in [6.45, 7) is 8.72. The molecule has 0 saturated heterocycles. The van der Waals surface area contributed by atoms with Crippen LogP contribution in [0.5, 0.6) is 0 Å². The van der Waals surface area contributed by atoms with E-state index in [1.807, 2.05) is 48.5 Å². The highest BCUT2D eigenvalue weighted by atomic mass is 35.5. The Morgan fingerprint density at radius 1 is 0.609 bits per heavy atom. The van der Waals surface area contributed by atoms with Crippen molar-refractivity contribution in [3.8, 4) is 0 Å². The van der Waals surface area contributed by atoms with Crippen LogP contribution in [0.3, 0.4) is 0 Å². The molecular formula is C20H24Cl2O. The van der Waals surface area contributed by atoms with Crippen molar-refractivity contribution in [1.29, 1.82) is 0 Å². The quantitative estimate of drug-likeness (QED) is 0.539. The second kappa shape index (κ2) is 8.19. The molecule has 0 aliphatic carbocycles. The van der Waals surface area contributed by atoms with Crippen LogP contribution in [0, 0.1) is 11.8 Å². The normalized spacial score (nSPS) is 14.3. The van der Waals surface area contributed by atoms with E-state index < -0.39 is 0 Å². The molecule has 0 saturated carbocycles. The van der Waals surface area contributed by atoms with Gasteiger partial charge in [-0.3, -0.25) is 0 Å². The van der Waals surface area contributed by atoms with Crippen molar-refractivity contribution in [2.24, 2.45) is 11.8 Å². The molecule has 0 spiro atoms. The summed E-state index contributed by atoms with van der Waals surface area (Å²) in [5, 5.41) is 1.49. The van der Waals surface area contributed by atoms with Crippen LogP contribution in [-0.2, 0) is 4.74 Å². The molecule has 0 fully saturated rings. The summed E-state index contributed by atoms with van der Waals surface area (Å²) in [6.07, 6.45) is 0.0469. The summed E-state index contributed by atoms with van der Waals surface area (Å²) < 4.78 is 6.54. The van der Waals surface area contributed by atoms with E-state index in [2.05, 4.69) is 27.7 Å². The Kier molecular flexibility index (Phi) is 6.52. The van der Waals surface area contributed by atoms with Gasteiger partial charge >= 0.3 is 0 Å². The molecule has 0 heterocycles. The molecule has 0 amide bonds. The van der Waals surface area contributed by atoms with Crippen molar-refractivity contribution in [3.63, 3.8) is 0 Å². The maximum absolute atomic E-state index is 6.54. The molecule has 23 heavy (non-hydrogen) atoms. The van der Waals surface area contributed by atoms with Gasteiger partial charge in [0.15, 0.2) is 0 Å². The van der Waals surface area contributed by atoms with Gasteiger partial charge in [0.05, 0.1) is 12.2 Å². The van der Waals surface area contributed by atoms with Gasteiger partial charge in [-0.2, -0.15) is 0 Å². The third kappa shape index (κ3) is 4.97. The van der Waals surface area contributed by atoms with Crippen LogP contribution in [0.2, 0.25) is 10.0 Å². The highest BCUT2D eigenvalue weighted by molar-refractivity contribution is 6.30. The minimum absolute atomic E-state index is 0.0235. The Morgan fingerprint density at radius 2 is 0.913 bits per heavy atom.